The van der Waals surface area contributed by atoms with Gasteiger partial charge in [-0.3, -0.25) is 0 Å². The number of pyridine rings is 1. The average molecular weight is 410 g/mol. The van der Waals surface area contributed by atoms with Gasteiger partial charge < -0.3 is 19.9 Å². The molecule has 3 aliphatic heterocycles. The van der Waals surface area contributed by atoms with Crippen molar-refractivity contribution in [1.29, 1.82) is 0 Å². The molecule has 0 bridgehead atoms. The fourth-order valence-electron chi connectivity index (χ4n) is 2.61. The van der Waals surface area contributed by atoms with Crippen LogP contribution in [0.1, 0.15) is 34.6 Å². The molecular weight excluding hydrogens is 374 g/mol. The summed E-state index contributed by atoms with van der Waals surface area (Å²) < 4.78 is 13.4. The molecule has 28 heavy (non-hydrogen) atoms. The SMILES string of the molecule is CC.CC=C(C)C.CO.c1nc2c(cc1SN1CC3=C(CNC3)C1)OCCO2. The molecule has 0 unspecified atom stereocenters. The van der Waals surface area contributed by atoms with Crippen LogP contribution in [0.4, 0.5) is 0 Å². The highest BCUT2D eigenvalue weighted by atomic mass is 32.2. The van der Waals surface area contributed by atoms with Crippen LogP contribution in [-0.4, -0.2) is 60.9 Å². The van der Waals surface area contributed by atoms with Gasteiger partial charge in [0.15, 0.2) is 5.75 Å². The van der Waals surface area contributed by atoms with E-state index >= 15 is 0 Å². The Kier molecular flexibility index (Phi) is 11.9. The normalized spacial score (nSPS) is 16.5. The Hall–Kier alpha value is -1.54. The second-order valence-corrected chi connectivity index (χ2v) is 7.41. The Morgan fingerprint density at radius 3 is 2.29 bits per heavy atom. The van der Waals surface area contributed by atoms with Gasteiger partial charge in [0, 0.05) is 50.4 Å². The summed E-state index contributed by atoms with van der Waals surface area (Å²) in [5.74, 6) is 1.37. The van der Waals surface area contributed by atoms with E-state index in [4.69, 9.17) is 14.6 Å². The highest BCUT2D eigenvalue weighted by molar-refractivity contribution is 7.97. The van der Waals surface area contributed by atoms with E-state index in [1.165, 1.54) is 5.57 Å². The van der Waals surface area contributed by atoms with Gasteiger partial charge in [0.2, 0.25) is 0 Å². The van der Waals surface area contributed by atoms with Crippen molar-refractivity contribution in [3.63, 3.8) is 0 Å². The van der Waals surface area contributed by atoms with Crippen molar-refractivity contribution in [2.24, 2.45) is 0 Å². The van der Waals surface area contributed by atoms with E-state index < -0.39 is 0 Å². The van der Waals surface area contributed by atoms with Crippen molar-refractivity contribution in [2.45, 2.75) is 39.5 Å². The van der Waals surface area contributed by atoms with Gasteiger partial charge in [0.05, 0.1) is 0 Å². The minimum Gasteiger partial charge on any atom is -0.484 e. The molecule has 0 saturated heterocycles. The number of aromatic nitrogens is 1. The van der Waals surface area contributed by atoms with Gasteiger partial charge in [0.25, 0.3) is 5.88 Å². The van der Waals surface area contributed by atoms with Gasteiger partial charge in [-0.05, 0) is 43.9 Å². The number of aliphatic hydroxyl groups is 1. The van der Waals surface area contributed by atoms with Crippen LogP contribution in [0.5, 0.6) is 11.6 Å². The van der Waals surface area contributed by atoms with E-state index in [9.17, 15) is 0 Å². The third-order valence-corrected chi connectivity index (χ3v) is 5.05. The molecule has 7 heteroatoms. The molecule has 0 aliphatic carbocycles. The zero-order valence-corrected chi connectivity index (χ0v) is 18.9. The molecule has 158 valence electrons. The highest BCUT2D eigenvalue weighted by Gasteiger charge is 2.26. The van der Waals surface area contributed by atoms with Crippen LogP contribution in [0.15, 0.2) is 40.0 Å². The molecule has 4 heterocycles. The number of fused-ring (bicyclic) bond motifs is 1. The van der Waals surface area contributed by atoms with Crippen molar-refractivity contribution < 1.29 is 14.6 Å². The number of ether oxygens (including phenoxy) is 2. The Morgan fingerprint density at radius 2 is 1.71 bits per heavy atom. The summed E-state index contributed by atoms with van der Waals surface area (Å²) in [4.78, 5) is 5.42. The van der Waals surface area contributed by atoms with Crippen LogP contribution in [0.3, 0.4) is 0 Å². The van der Waals surface area contributed by atoms with Gasteiger partial charge in [-0.2, -0.15) is 0 Å². The molecule has 0 aromatic carbocycles. The lowest BCUT2D eigenvalue weighted by molar-refractivity contribution is 0.163. The summed E-state index contributed by atoms with van der Waals surface area (Å²) in [6.07, 6.45) is 3.94. The second kappa shape index (κ2) is 13.6. The first kappa shape index (κ1) is 24.5. The first-order valence-corrected chi connectivity index (χ1v) is 10.6. The van der Waals surface area contributed by atoms with Gasteiger partial charge in [-0.1, -0.05) is 25.5 Å². The molecule has 0 radical (unpaired) electrons. The molecule has 0 saturated carbocycles. The fraction of sp³-hybridized carbons (Fsp3) is 0.571. The molecule has 1 aromatic rings. The lowest BCUT2D eigenvalue weighted by atomic mass is 10.2. The van der Waals surface area contributed by atoms with Gasteiger partial charge in [0.1, 0.15) is 13.2 Å². The van der Waals surface area contributed by atoms with Crippen LogP contribution in [0.25, 0.3) is 0 Å². The van der Waals surface area contributed by atoms with E-state index in [2.05, 4.69) is 34.5 Å². The summed E-state index contributed by atoms with van der Waals surface area (Å²) in [7, 11) is 1.00. The number of aliphatic hydroxyl groups excluding tert-OH is 1. The zero-order chi connectivity index (χ0) is 20.9. The highest BCUT2D eigenvalue weighted by Crippen LogP contribution is 2.35. The van der Waals surface area contributed by atoms with Crippen LogP contribution >= 0.6 is 11.9 Å². The predicted octanol–water partition coefficient (Wildman–Crippen LogP) is 3.68. The summed E-state index contributed by atoms with van der Waals surface area (Å²) in [5, 5.41) is 10.4. The van der Waals surface area contributed by atoms with Crippen molar-refractivity contribution in [3.8, 4) is 11.6 Å². The molecule has 3 aliphatic rings. The number of allylic oxidation sites excluding steroid dienone is 2. The number of hydrogen-bond acceptors (Lipinski definition) is 7. The van der Waals surface area contributed by atoms with Crippen molar-refractivity contribution in [1.82, 2.24) is 14.6 Å². The first-order chi connectivity index (χ1) is 13.7. The zero-order valence-electron chi connectivity index (χ0n) is 18.0. The van der Waals surface area contributed by atoms with E-state index in [0.29, 0.717) is 19.1 Å². The monoisotopic (exact) mass is 409 g/mol. The Balaban J connectivity index is 0.000000377. The smallest absolute Gasteiger partial charge is 0.257 e. The van der Waals surface area contributed by atoms with Gasteiger partial charge in [-0.25, -0.2) is 9.29 Å². The minimum atomic E-state index is 0.586. The molecule has 1 aromatic heterocycles. The summed E-state index contributed by atoms with van der Waals surface area (Å²) in [6, 6.07) is 2.02. The molecule has 0 amide bonds. The summed E-state index contributed by atoms with van der Waals surface area (Å²) in [5.41, 5.74) is 4.49. The molecular formula is C21H35N3O3S. The van der Waals surface area contributed by atoms with E-state index in [-0.39, 0.29) is 0 Å². The average Bonchev–Trinajstić information content (AvgIpc) is 3.33. The van der Waals surface area contributed by atoms with Crippen molar-refractivity contribution >= 4 is 11.9 Å². The van der Waals surface area contributed by atoms with E-state index in [1.54, 1.807) is 23.1 Å². The topological polar surface area (TPSA) is 66.9 Å². The number of hydrogen-bond donors (Lipinski definition) is 2. The summed E-state index contributed by atoms with van der Waals surface area (Å²) >= 11 is 1.75. The molecule has 0 atom stereocenters. The number of nitrogens with zero attached hydrogens (tertiary/aromatic N) is 2. The molecule has 6 nitrogen and oxygen atoms in total. The molecule has 0 fully saturated rings. The standard InChI is InChI=1S/C13H15N3O2S.C5H10.C2H6.CH4O/c1-2-18-13-12(17-1)3-11(6-15-13)19-16-7-9-4-14-5-10(9)8-16;1-4-5(2)3;2*1-2/h3,6,14H,1-2,4-5,7-8H2;4H,1-3H3;1-2H3;2H,1H3. The maximum atomic E-state index is 7.00. The minimum absolute atomic E-state index is 0.586. The van der Waals surface area contributed by atoms with Crippen molar-refractivity contribution in [3.05, 3.63) is 35.1 Å². The largest absolute Gasteiger partial charge is 0.484 e. The van der Waals surface area contributed by atoms with E-state index in [0.717, 1.165) is 43.9 Å². The van der Waals surface area contributed by atoms with Crippen LogP contribution in [0, 0.1) is 0 Å². The van der Waals surface area contributed by atoms with Crippen LogP contribution in [-0.2, 0) is 0 Å². The fourth-order valence-corrected chi connectivity index (χ4v) is 3.61. The first-order valence-electron chi connectivity index (χ1n) is 9.79. The molecule has 2 N–H and O–H groups in total. The van der Waals surface area contributed by atoms with E-state index in [1.807, 2.05) is 33.0 Å². The van der Waals surface area contributed by atoms with Crippen LogP contribution < -0.4 is 14.8 Å². The number of rotatable bonds is 2. The van der Waals surface area contributed by atoms with Gasteiger partial charge >= 0.3 is 0 Å². The maximum absolute atomic E-state index is 7.00. The Labute approximate surface area is 174 Å². The third kappa shape index (κ3) is 7.47. The summed E-state index contributed by atoms with van der Waals surface area (Å²) in [6.45, 7) is 15.6. The maximum Gasteiger partial charge on any atom is 0.257 e. The number of nitrogens with one attached hydrogen (secondary N) is 1. The Morgan fingerprint density at radius 1 is 1.14 bits per heavy atom. The molecule has 4 rings (SSSR count). The lowest BCUT2D eigenvalue weighted by Crippen LogP contribution is -2.21. The lowest BCUT2D eigenvalue weighted by Gasteiger charge is -2.19. The van der Waals surface area contributed by atoms with Crippen LogP contribution in [0.2, 0.25) is 0 Å². The van der Waals surface area contributed by atoms with Gasteiger partial charge in [-0.15, -0.1) is 0 Å². The quantitative estimate of drug-likeness (QED) is 0.570. The second-order valence-electron chi connectivity index (χ2n) is 6.24. The predicted molar refractivity (Wildman–Crippen MR) is 117 cm³/mol. The van der Waals surface area contributed by atoms with Crippen molar-refractivity contribution in [2.75, 3.05) is 46.5 Å². The molecule has 0 spiro atoms. The Bertz CT molecular complexity index is 642. The third-order valence-electron chi connectivity index (χ3n) is 4.10.